The first-order chi connectivity index (χ1) is 13.0. The Morgan fingerprint density at radius 1 is 1.22 bits per heavy atom. The molecule has 3 rings (SSSR count). The Labute approximate surface area is 157 Å². The molecule has 8 heteroatoms. The monoisotopic (exact) mass is 371 g/mol. The average molecular weight is 371 g/mol. The number of nitrogens with one attached hydrogen (secondary N) is 1. The van der Waals surface area contributed by atoms with Gasteiger partial charge in [-0.1, -0.05) is 37.6 Å². The van der Waals surface area contributed by atoms with E-state index in [2.05, 4.69) is 10.4 Å². The number of aromatic nitrogens is 3. The Balaban J connectivity index is 1.73. The predicted octanol–water partition coefficient (Wildman–Crippen LogP) is 0.926. The van der Waals surface area contributed by atoms with Gasteiger partial charge in [-0.05, 0) is 24.5 Å². The van der Waals surface area contributed by atoms with Crippen molar-refractivity contribution in [3.05, 3.63) is 51.7 Å². The molecule has 0 unspecified atom stereocenters. The second-order valence-electron chi connectivity index (χ2n) is 6.77. The highest BCUT2D eigenvalue weighted by Gasteiger charge is 2.30. The van der Waals surface area contributed by atoms with Crippen LogP contribution in [0.5, 0.6) is 0 Å². The van der Waals surface area contributed by atoms with Crippen molar-refractivity contribution in [2.45, 2.75) is 46.3 Å². The molecule has 1 aliphatic rings. The molecule has 0 radical (unpaired) electrons. The minimum atomic E-state index is -0.417. The quantitative estimate of drug-likeness (QED) is 0.733. The van der Waals surface area contributed by atoms with Crippen LogP contribution in [0, 0.1) is 6.92 Å². The summed E-state index contributed by atoms with van der Waals surface area (Å²) in [6, 6.07) is 7.90. The Hall–Kier alpha value is -2.90. The van der Waals surface area contributed by atoms with Crippen molar-refractivity contribution in [3.63, 3.8) is 0 Å². The molecule has 0 fully saturated rings. The number of unbranched alkanes of at least 4 members (excludes halogenated alkanes) is 1. The highest BCUT2D eigenvalue weighted by atomic mass is 16.2. The fraction of sp³-hybridized carbons (Fsp3) is 0.474. The number of aryl methyl sites for hydroxylation is 1. The lowest BCUT2D eigenvalue weighted by atomic mass is 10.1. The summed E-state index contributed by atoms with van der Waals surface area (Å²) < 4.78 is 2.43. The molecule has 1 aromatic carbocycles. The third-order valence-electron chi connectivity index (χ3n) is 4.76. The minimum Gasteiger partial charge on any atom is -0.354 e. The fourth-order valence-electron chi connectivity index (χ4n) is 3.11. The topological polar surface area (TPSA) is 89.2 Å². The molecular weight excluding hydrogens is 346 g/mol. The van der Waals surface area contributed by atoms with Gasteiger partial charge >= 0.3 is 5.69 Å². The molecule has 0 atom stereocenters. The van der Waals surface area contributed by atoms with E-state index in [-0.39, 0.29) is 24.2 Å². The molecule has 0 aliphatic carbocycles. The van der Waals surface area contributed by atoms with Crippen molar-refractivity contribution in [2.75, 3.05) is 13.1 Å². The normalized spacial score (nSPS) is 13.6. The van der Waals surface area contributed by atoms with Crippen LogP contribution in [0.4, 0.5) is 0 Å². The molecule has 2 heterocycles. The van der Waals surface area contributed by atoms with E-state index < -0.39 is 5.69 Å². The number of amides is 2. The first-order valence-corrected chi connectivity index (χ1v) is 9.29. The van der Waals surface area contributed by atoms with Gasteiger partial charge in [0.2, 0.25) is 11.7 Å². The zero-order valence-electron chi connectivity index (χ0n) is 15.8. The first kappa shape index (κ1) is 18.9. The Bertz CT molecular complexity index is 899. The standard InChI is InChI=1S/C19H25N5O3/c1-3-4-9-20-16(25)13-24-19(27)23-11-10-22(18(26)17(23)21-24)12-15-8-6-5-7-14(15)2/h5-8H,3-4,9-13H2,1-2H3,(H,20,25). The van der Waals surface area contributed by atoms with Gasteiger partial charge in [0.1, 0.15) is 6.54 Å². The first-order valence-electron chi connectivity index (χ1n) is 9.29. The van der Waals surface area contributed by atoms with Gasteiger partial charge in [-0.2, -0.15) is 0 Å². The van der Waals surface area contributed by atoms with Crippen LogP contribution in [0.3, 0.4) is 0 Å². The third-order valence-corrected chi connectivity index (χ3v) is 4.76. The molecule has 2 amide bonds. The van der Waals surface area contributed by atoms with E-state index in [1.165, 1.54) is 4.57 Å². The van der Waals surface area contributed by atoms with E-state index in [0.29, 0.717) is 26.2 Å². The molecule has 0 spiro atoms. The molecule has 1 N–H and O–H groups in total. The van der Waals surface area contributed by atoms with Crippen molar-refractivity contribution >= 4 is 11.8 Å². The van der Waals surface area contributed by atoms with Crippen LogP contribution in [-0.2, 0) is 24.4 Å². The van der Waals surface area contributed by atoms with Crippen molar-refractivity contribution in [2.24, 2.45) is 0 Å². The summed E-state index contributed by atoms with van der Waals surface area (Å²) in [6.45, 7) is 5.73. The summed E-state index contributed by atoms with van der Waals surface area (Å²) in [4.78, 5) is 38.9. The second-order valence-corrected chi connectivity index (χ2v) is 6.77. The molecule has 0 saturated carbocycles. The van der Waals surface area contributed by atoms with Crippen molar-refractivity contribution in [1.82, 2.24) is 24.6 Å². The van der Waals surface area contributed by atoms with E-state index in [1.807, 2.05) is 38.1 Å². The molecule has 144 valence electrons. The van der Waals surface area contributed by atoms with Crippen molar-refractivity contribution in [3.8, 4) is 0 Å². The Morgan fingerprint density at radius 2 is 2.00 bits per heavy atom. The molecule has 1 aliphatic heterocycles. The minimum absolute atomic E-state index is 0.0983. The zero-order chi connectivity index (χ0) is 19.4. The lowest BCUT2D eigenvalue weighted by Crippen LogP contribution is -2.42. The van der Waals surface area contributed by atoms with E-state index in [1.54, 1.807) is 4.90 Å². The van der Waals surface area contributed by atoms with Crippen LogP contribution >= 0.6 is 0 Å². The predicted molar refractivity (Wildman–Crippen MR) is 100 cm³/mol. The van der Waals surface area contributed by atoms with Crippen LogP contribution in [0.15, 0.2) is 29.1 Å². The average Bonchev–Trinajstić information content (AvgIpc) is 2.96. The lowest BCUT2D eigenvalue weighted by Gasteiger charge is -2.27. The maximum absolute atomic E-state index is 12.8. The molecular formula is C19H25N5O3. The smallest absolute Gasteiger partial charge is 0.346 e. The number of hydrogen-bond acceptors (Lipinski definition) is 4. The summed E-state index contributed by atoms with van der Waals surface area (Å²) in [5.74, 6) is -0.460. The number of hydrogen-bond donors (Lipinski definition) is 1. The largest absolute Gasteiger partial charge is 0.354 e. The second kappa shape index (κ2) is 8.20. The van der Waals surface area contributed by atoms with E-state index in [9.17, 15) is 14.4 Å². The van der Waals surface area contributed by atoms with Crippen LogP contribution in [0.2, 0.25) is 0 Å². The van der Waals surface area contributed by atoms with Gasteiger partial charge < -0.3 is 10.2 Å². The number of carbonyl (C=O) groups excluding carboxylic acids is 2. The maximum Gasteiger partial charge on any atom is 0.346 e. The van der Waals surface area contributed by atoms with Gasteiger partial charge in [0.25, 0.3) is 5.91 Å². The van der Waals surface area contributed by atoms with Gasteiger partial charge in [-0.15, -0.1) is 5.10 Å². The molecule has 27 heavy (non-hydrogen) atoms. The molecule has 1 aromatic heterocycles. The number of nitrogens with zero attached hydrogens (tertiary/aromatic N) is 4. The number of benzene rings is 1. The van der Waals surface area contributed by atoms with Crippen molar-refractivity contribution < 1.29 is 9.59 Å². The summed E-state index contributed by atoms with van der Waals surface area (Å²) in [5.41, 5.74) is 1.76. The van der Waals surface area contributed by atoms with Gasteiger partial charge in [0, 0.05) is 26.2 Å². The SMILES string of the molecule is CCCCNC(=O)Cn1nc2n(c1=O)CCN(Cc1ccccc1C)C2=O. The third kappa shape index (κ3) is 4.10. The van der Waals surface area contributed by atoms with Gasteiger partial charge in [-0.3, -0.25) is 14.2 Å². The Morgan fingerprint density at radius 3 is 2.74 bits per heavy atom. The summed E-state index contributed by atoms with van der Waals surface area (Å²) in [7, 11) is 0. The van der Waals surface area contributed by atoms with Gasteiger partial charge in [0.05, 0.1) is 0 Å². The molecule has 8 nitrogen and oxygen atoms in total. The highest BCUT2D eigenvalue weighted by Crippen LogP contribution is 2.15. The Kier molecular flexibility index (Phi) is 5.73. The molecule has 0 saturated heterocycles. The molecule has 0 bridgehead atoms. The zero-order valence-corrected chi connectivity index (χ0v) is 15.8. The van der Waals surface area contributed by atoms with E-state index in [0.717, 1.165) is 28.7 Å². The van der Waals surface area contributed by atoms with Crippen LogP contribution in [0.25, 0.3) is 0 Å². The highest BCUT2D eigenvalue weighted by molar-refractivity contribution is 5.91. The van der Waals surface area contributed by atoms with Gasteiger partial charge in [0.15, 0.2) is 0 Å². The van der Waals surface area contributed by atoms with E-state index in [4.69, 9.17) is 0 Å². The van der Waals surface area contributed by atoms with Crippen LogP contribution < -0.4 is 11.0 Å². The fourth-order valence-corrected chi connectivity index (χ4v) is 3.11. The van der Waals surface area contributed by atoms with Crippen LogP contribution in [0.1, 0.15) is 41.5 Å². The van der Waals surface area contributed by atoms with Crippen LogP contribution in [-0.4, -0.2) is 44.2 Å². The maximum atomic E-state index is 12.8. The number of fused-ring (bicyclic) bond motifs is 1. The number of carbonyl (C=O) groups is 2. The summed E-state index contributed by atoms with van der Waals surface area (Å²) >= 11 is 0. The van der Waals surface area contributed by atoms with Crippen molar-refractivity contribution in [1.29, 1.82) is 0 Å². The summed E-state index contributed by atoms with van der Waals surface area (Å²) in [5, 5.41) is 6.88. The summed E-state index contributed by atoms with van der Waals surface area (Å²) in [6.07, 6.45) is 1.86. The lowest BCUT2D eigenvalue weighted by molar-refractivity contribution is -0.121. The van der Waals surface area contributed by atoms with Gasteiger partial charge in [-0.25, -0.2) is 9.48 Å². The number of rotatable bonds is 7. The molecule has 2 aromatic rings. The van der Waals surface area contributed by atoms with E-state index >= 15 is 0 Å².